The lowest BCUT2D eigenvalue weighted by molar-refractivity contribution is -0.695. The Bertz CT molecular complexity index is 1130. The van der Waals surface area contributed by atoms with Gasteiger partial charge in [0.15, 0.2) is 11.5 Å². The first kappa shape index (κ1) is 21.2. The average molecular weight is 438 g/mol. The van der Waals surface area contributed by atoms with Crippen molar-refractivity contribution in [1.82, 2.24) is 9.88 Å². The van der Waals surface area contributed by atoms with Crippen LogP contribution < -0.4 is 14.0 Å². The molecule has 2 aromatic heterocycles. The van der Waals surface area contributed by atoms with Gasteiger partial charge < -0.3 is 23.9 Å². The number of aryl methyl sites for hydroxylation is 1. The molecule has 3 heterocycles. The molecule has 9 nitrogen and oxygen atoms in total. The molecule has 0 fully saturated rings. The normalized spacial score (nSPS) is 16.0. The fourth-order valence-corrected chi connectivity index (χ4v) is 3.91. The van der Waals surface area contributed by atoms with Crippen LogP contribution in [0.2, 0.25) is 0 Å². The van der Waals surface area contributed by atoms with Gasteiger partial charge in [-0.3, -0.25) is 14.6 Å². The molecular weight excluding hydrogens is 414 g/mol. The summed E-state index contributed by atoms with van der Waals surface area (Å²) in [6.45, 7) is 0.970. The number of ketones is 1. The summed E-state index contributed by atoms with van der Waals surface area (Å²) >= 11 is 0. The van der Waals surface area contributed by atoms with Crippen LogP contribution in [-0.4, -0.2) is 47.4 Å². The van der Waals surface area contributed by atoms with Gasteiger partial charge >= 0.3 is 0 Å². The van der Waals surface area contributed by atoms with E-state index in [1.54, 1.807) is 30.5 Å². The van der Waals surface area contributed by atoms with Gasteiger partial charge in [0.25, 0.3) is 5.91 Å². The third-order valence-corrected chi connectivity index (χ3v) is 5.45. The molecule has 1 aromatic carbocycles. The molecule has 32 heavy (non-hydrogen) atoms. The van der Waals surface area contributed by atoms with Crippen molar-refractivity contribution in [1.29, 1.82) is 0 Å². The Morgan fingerprint density at radius 2 is 2.12 bits per heavy atom. The number of ether oxygens (including phenoxy) is 2. The fraction of sp³-hybridized carbons (Fsp3) is 0.261. The topological polar surface area (TPSA) is 109 Å². The third kappa shape index (κ3) is 3.84. The van der Waals surface area contributed by atoms with Crippen molar-refractivity contribution in [3.8, 4) is 11.5 Å². The van der Waals surface area contributed by atoms with E-state index in [1.807, 2.05) is 17.1 Å². The van der Waals surface area contributed by atoms with E-state index in [0.29, 0.717) is 36.6 Å². The lowest BCUT2D eigenvalue weighted by Gasteiger charge is -2.27. The first-order valence-electron chi connectivity index (χ1n) is 10.1. The molecule has 1 amide bonds. The minimum atomic E-state index is -0.836. The summed E-state index contributed by atoms with van der Waals surface area (Å²) < 4.78 is 18.0. The van der Waals surface area contributed by atoms with Gasteiger partial charge in [0.05, 0.1) is 38.6 Å². The lowest BCUT2D eigenvalue weighted by Crippen LogP contribution is -2.36. The summed E-state index contributed by atoms with van der Waals surface area (Å²) in [6, 6.07) is 7.38. The summed E-state index contributed by atoms with van der Waals surface area (Å²) in [4.78, 5) is 30.7. The second-order valence-corrected chi connectivity index (χ2v) is 7.28. The maximum absolute atomic E-state index is 13.2. The molecule has 1 aliphatic rings. The molecular formula is C23H24N3O6+. The smallest absolute Gasteiger partial charge is 0.290 e. The number of amides is 1. The van der Waals surface area contributed by atoms with Gasteiger partial charge in [-0.15, -0.1) is 0 Å². The van der Waals surface area contributed by atoms with E-state index in [-0.39, 0.29) is 11.3 Å². The molecule has 0 saturated carbocycles. The first-order chi connectivity index (χ1) is 15.5. The fourth-order valence-electron chi connectivity index (χ4n) is 3.91. The van der Waals surface area contributed by atoms with Gasteiger partial charge in [-0.1, -0.05) is 0 Å². The summed E-state index contributed by atoms with van der Waals surface area (Å²) in [6.07, 6.45) is 7.49. The molecule has 0 spiro atoms. The molecule has 4 rings (SSSR count). The molecule has 166 valence electrons. The summed E-state index contributed by atoms with van der Waals surface area (Å²) in [5, 5.41) is 10.7. The Labute approximate surface area is 184 Å². The number of aromatic amines is 1. The highest BCUT2D eigenvalue weighted by atomic mass is 16.5. The minimum absolute atomic E-state index is 0.0392. The highest BCUT2D eigenvalue weighted by molar-refractivity contribution is 6.15. The van der Waals surface area contributed by atoms with Gasteiger partial charge in [-0.05, 0) is 24.3 Å². The molecule has 0 aliphatic carbocycles. The predicted octanol–water partition coefficient (Wildman–Crippen LogP) is 2.58. The Morgan fingerprint density at radius 1 is 1.28 bits per heavy atom. The van der Waals surface area contributed by atoms with Crippen molar-refractivity contribution < 1.29 is 33.2 Å². The van der Waals surface area contributed by atoms with E-state index in [4.69, 9.17) is 13.9 Å². The average Bonchev–Trinajstić information content (AvgIpc) is 3.57. The van der Waals surface area contributed by atoms with Crippen molar-refractivity contribution in [2.45, 2.75) is 19.0 Å². The zero-order valence-corrected chi connectivity index (χ0v) is 17.8. The molecule has 0 radical (unpaired) electrons. The van der Waals surface area contributed by atoms with Crippen molar-refractivity contribution in [3.63, 3.8) is 0 Å². The lowest BCUT2D eigenvalue weighted by atomic mass is 9.94. The number of aliphatic hydroxyl groups is 1. The van der Waals surface area contributed by atoms with Crippen LogP contribution in [0.5, 0.6) is 11.5 Å². The minimum Gasteiger partial charge on any atom is -0.503 e. The van der Waals surface area contributed by atoms with Crippen LogP contribution in [0.1, 0.15) is 28.6 Å². The number of hydrogen-bond acceptors (Lipinski definition) is 6. The van der Waals surface area contributed by atoms with Crippen molar-refractivity contribution in [2.75, 3.05) is 20.8 Å². The van der Waals surface area contributed by atoms with E-state index in [2.05, 4.69) is 4.98 Å². The molecule has 0 bridgehead atoms. The number of furan rings is 1. The van der Waals surface area contributed by atoms with Crippen molar-refractivity contribution in [2.24, 2.45) is 0 Å². The summed E-state index contributed by atoms with van der Waals surface area (Å²) in [5.41, 5.74) is 0.526. The van der Waals surface area contributed by atoms with Gasteiger partial charge in [0, 0.05) is 24.6 Å². The van der Waals surface area contributed by atoms with Crippen LogP contribution >= 0.6 is 0 Å². The zero-order chi connectivity index (χ0) is 22.7. The Hall–Kier alpha value is -4.01. The molecule has 1 unspecified atom stereocenters. The molecule has 0 saturated heterocycles. The molecule has 9 heteroatoms. The van der Waals surface area contributed by atoms with Crippen molar-refractivity contribution >= 4 is 11.7 Å². The number of methoxy groups -OCH3 is 2. The Kier molecular flexibility index (Phi) is 5.98. The number of nitrogens with one attached hydrogen (secondary N) is 1. The number of Topliss-reactive ketones (excluding diaryl/α,β-unsaturated/α-hetero) is 1. The quantitative estimate of drug-likeness (QED) is 0.393. The second kappa shape index (κ2) is 9.01. The zero-order valence-electron chi connectivity index (χ0n) is 17.8. The number of aliphatic hydroxyl groups excluding tert-OH is 1. The van der Waals surface area contributed by atoms with E-state index in [1.165, 1.54) is 31.4 Å². The number of imidazole rings is 1. The Morgan fingerprint density at radius 3 is 2.78 bits per heavy atom. The van der Waals surface area contributed by atoms with E-state index >= 15 is 0 Å². The molecule has 3 aromatic rings. The number of rotatable bonds is 9. The number of hydrogen-bond donors (Lipinski definition) is 2. The summed E-state index contributed by atoms with van der Waals surface area (Å²) in [7, 11) is 3.04. The number of carbonyl (C=O) groups is 2. The SMILES string of the molecule is COc1ccc(C2C(C(=O)c3ccco3)=C(O)C(=O)N2CCC[n+]2cc[nH]c2)c(OC)c1. The van der Waals surface area contributed by atoms with Crippen LogP contribution in [0.15, 0.2) is 71.1 Å². The largest absolute Gasteiger partial charge is 0.503 e. The first-order valence-corrected chi connectivity index (χ1v) is 10.1. The van der Waals surface area contributed by atoms with Gasteiger partial charge in [0.2, 0.25) is 12.1 Å². The maximum Gasteiger partial charge on any atom is 0.290 e. The standard InChI is InChI=1S/C23H23N3O6/c1-30-15-6-7-16(18(13-15)31-2)20-19(21(27)17-5-3-12-32-17)22(28)23(29)26(20)10-4-9-25-11-8-24-14-25/h3,5-8,11-14,20H,4,9-10H2,1-2H3,(H,27,28)/p+1. The maximum atomic E-state index is 13.2. The number of carbonyl (C=O) groups excluding carboxylic acids is 2. The van der Waals surface area contributed by atoms with Crippen LogP contribution in [0, 0.1) is 0 Å². The number of aromatic nitrogens is 2. The summed E-state index contributed by atoms with van der Waals surface area (Å²) in [5.74, 6) is -0.692. The third-order valence-electron chi connectivity index (χ3n) is 5.45. The molecule has 1 aliphatic heterocycles. The van der Waals surface area contributed by atoms with E-state index in [0.717, 1.165) is 0 Å². The van der Waals surface area contributed by atoms with Gasteiger partial charge in [-0.25, -0.2) is 4.57 Å². The highest BCUT2D eigenvalue weighted by Crippen LogP contribution is 2.43. The second-order valence-electron chi connectivity index (χ2n) is 7.28. The van der Waals surface area contributed by atoms with Crippen LogP contribution in [-0.2, 0) is 11.3 Å². The van der Waals surface area contributed by atoms with E-state index in [9.17, 15) is 14.7 Å². The van der Waals surface area contributed by atoms with Crippen LogP contribution in [0.4, 0.5) is 0 Å². The monoisotopic (exact) mass is 438 g/mol. The predicted molar refractivity (Wildman–Crippen MR) is 112 cm³/mol. The van der Waals surface area contributed by atoms with Crippen molar-refractivity contribution in [3.05, 3.63) is 78.0 Å². The van der Waals surface area contributed by atoms with Gasteiger partial charge in [0.1, 0.15) is 23.9 Å². The molecule has 1 atom stereocenters. The highest BCUT2D eigenvalue weighted by Gasteiger charge is 2.45. The van der Waals surface area contributed by atoms with Gasteiger partial charge in [-0.2, -0.15) is 0 Å². The van der Waals surface area contributed by atoms with E-state index < -0.39 is 23.5 Å². The number of H-pyrrole nitrogens is 1. The van der Waals surface area contributed by atoms with Crippen LogP contribution in [0.3, 0.4) is 0 Å². The number of nitrogens with zero attached hydrogens (tertiary/aromatic N) is 2. The van der Waals surface area contributed by atoms with Crippen LogP contribution in [0.25, 0.3) is 0 Å². The Balaban J connectivity index is 1.73. The number of benzene rings is 1. The molecule has 2 N–H and O–H groups in total.